The van der Waals surface area contributed by atoms with Gasteiger partial charge in [0.25, 0.3) is 0 Å². The third kappa shape index (κ3) is 3.71. The van der Waals surface area contributed by atoms with Gasteiger partial charge in [0, 0.05) is 20.4 Å². The molecule has 0 radical (unpaired) electrons. The molecule has 7 nitrogen and oxygen atoms in total. The van der Waals surface area contributed by atoms with Crippen LogP contribution in [0.5, 0.6) is 0 Å². The van der Waals surface area contributed by atoms with Crippen molar-refractivity contribution in [2.24, 2.45) is 0 Å². The van der Waals surface area contributed by atoms with Crippen LogP contribution in [0.25, 0.3) is 5.69 Å². The fraction of sp³-hybridized carbons (Fsp3) is 0.300. The Balaban J connectivity index is 2.06. The minimum atomic E-state index is -3.83. The van der Waals surface area contributed by atoms with Gasteiger partial charge >= 0.3 is 0 Å². The molecule has 2 heterocycles. The first kappa shape index (κ1) is 20.2. The second-order valence-electron chi connectivity index (χ2n) is 6.49. The van der Waals surface area contributed by atoms with E-state index in [4.69, 9.17) is 4.74 Å². The van der Waals surface area contributed by atoms with Crippen LogP contribution in [0.15, 0.2) is 59.6 Å². The van der Waals surface area contributed by atoms with Gasteiger partial charge in [-0.15, -0.1) is 0 Å². The van der Waals surface area contributed by atoms with E-state index in [9.17, 15) is 8.42 Å². The van der Waals surface area contributed by atoms with Crippen molar-refractivity contribution in [2.75, 3.05) is 20.8 Å². The van der Waals surface area contributed by atoms with Crippen LogP contribution in [0.1, 0.15) is 23.1 Å². The highest BCUT2D eigenvalue weighted by Gasteiger charge is 2.34. The summed E-state index contributed by atoms with van der Waals surface area (Å²) in [4.78, 5) is 4.52. The molecular weight excluding hydrogens is 376 g/mol. The predicted octanol–water partition coefficient (Wildman–Crippen LogP) is 2.89. The molecule has 28 heavy (non-hydrogen) atoms. The average molecular weight is 401 g/mol. The minimum absolute atomic E-state index is 0.192. The molecule has 0 aliphatic carbocycles. The fourth-order valence-electron chi connectivity index (χ4n) is 3.24. The molecule has 0 N–H and O–H groups in total. The zero-order valence-electron chi connectivity index (χ0n) is 16.4. The van der Waals surface area contributed by atoms with Gasteiger partial charge in [-0.1, -0.05) is 24.3 Å². The Hall–Kier alpha value is -2.55. The highest BCUT2D eigenvalue weighted by molar-refractivity contribution is 7.89. The van der Waals surface area contributed by atoms with Crippen LogP contribution in [0, 0.1) is 13.8 Å². The number of para-hydroxylation sites is 1. The van der Waals surface area contributed by atoms with Crippen molar-refractivity contribution in [2.45, 2.75) is 24.8 Å². The Bertz CT molecular complexity index is 1030. The van der Waals surface area contributed by atoms with Gasteiger partial charge in [-0.3, -0.25) is 4.98 Å². The lowest BCUT2D eigenvalue weighted by molar-refractivity contribution is 0.140. The number of sulfonamides is 1. The predicted molar refractivity (Wildman–Crippen MR) is 107 cm³/mol. The normalized spacial score (nSPS) is 13.0. The van der Waals surface area contributed by atoms with E-state index in [-0.39, 0.29) is 11.5 Å². The third-order valence-corrected chi connectivity index (χ3v) is 6.77. The standard InChI is InChI=1S/C20H24N4O3S/c1-15-20(16(2)24(22-15)17-10-6-5-7-11-17)28(25,26)23(3)19(14-27-4)18-12-8-9-13-21-18/h5-13,19H,14H2,1-4H3. The number of aromatic nitrogens is 3. The lowest BCUT2D eigenvalue weighted by Crippen LogP contribution is -2.34. The molecule has 8 heteroatoms. The van der Waals surface area contributed by atoms with Crippen molar-refractivity contribution < 1.29 is 13.2 Å². The summed E-state index contributed by atoms with van der Waals surface area (Å²) in [6.45, 7) is 3.66. The molecule has 0 bridgehead atoms. The molecule has 2 aromatic heterocycles. The molecule has 3 aromatic rings. The lowest BCUT2D eigenvalue weighted by Gasteiger charge is -2.26. The van der Waals surface area contributed by atoms with Gasteiger partial charge in [0.2, 0.25) is 10.0 Å². The second kappa shape index (κ2) is 8.22. The number of pyridine rings is 1. The first-order chi connectivity index (χ1) is 13.4. The first-order valence-electron chi connectivity index (χ1n) is 8.87. The topological polar surface area (TPSA) is 77.3 Å². The van der Waals surface area contributed by atoms with Crippen LogP contribution in [0.4, 0.5) is 0 Å². The van der Waals surface area contributed by atoms with Crippen LogP contribution in [-0.4, -0.2) is 48.3 Å². The zero-order chi connectivity index (χ0) is 20.3. The maximum absolute atomic E-state index is 13.5. The second-order valence-corrected chi connectivity index (χ2v) is 8.43. The number of hydrogen-bond donors (Lipinski definition) is 0. The van der Waals surface area contributed by atoms with Crippen LogP contribution in [0.2, 0.25) is 0 Å². The quantitative estimate of drug-likeness (QED) is 0.609. The number of likely N-dealkylation sites (N-methyl/N-ethyl adjacent to an activating group) is 1. The van der Waals surface area contributed by atoms with E-state index in [0.717, 1.165) is 5.69 Å². The van der Waals surface area contributed by atoms with Crippen LogP contribution in [0.3, 0.4) is 0 Å². The number of hydrogen-bond acceptors (Lipinski definition) is 5. The Kier molecular flexibility index (Phi) is 5.93. The Labute approximate surface area is 165 Å². The van der Waals surface area contributed by atoms with Gasteiger partial charge in [-0.05, 0) is 38.1 Å². The summed E-state index contributed by atoms with van der Waals surface area (Å²) in [5.41, 5.74) is 2.45. The van der Waals surface area contributed by atoms with Gasteiger partial charge < -0.3 is 4.74 Å². The van der Waals surface area contributed by atoms with Crippen LogP contribution in [-0.2, 0) is 14.8 Å². The number of nitrogens with zero attached hydrogens (tertiary/aromatic N) is 4. The summed E-state index contributed by atoms with van der Waals surface area (Å²) in [7, 11) is -0.737. The average Bonchev–Trinajstić information content (AvgIpc) is 3.01. The van der Waals surface area contributed by atoms with Crippen molar-refractivity contribution in [1.29, 1.82) is 0 Å². The summed E-state index contributed by atoms with van der Waals surface area (Å²) in [5.74, 6) is 0. The van der Waals surface area contributed by atoms with Gasteiger partial charge in [-0.25, -0.2) is 13.1 Å². The molecule has 0 fully saturated rings. The molecule has 0 saturated heterocycles. The maximum atomic E-state index is 13.5. The Morgan fingerprint density at radius 3 is 2.39 bits per heavy atom. The van der Waals surface area contributed by atoms with E-state index in [1.807, 2.05) is 36.4 Å². The fourth-order valence-corrected chi connectivity index (χ4v) is 4.91. The number of rotatable bonds is 7. The molecule has 1 atom stereocenters. The molecule has 0 amide bonds. The van der Waals surface area contributed by atoms with Gasteiger partial charge in [0.1, 0.15) is 4.90 Å². The molecule has 0 saturated carbocycles. The minimum Gasteiger partial charge on any atom is -0.383 e. The molecule has 1 unspecified atom stereocenters. The summed E-state index contributed by atoms with van der Waals surface area (Å²) in [6, 6.07) is 14.3. The van der Waals surface area contributed by atoms with Crippen molar-refractivity contribution in [3.63, 3.8) is 0 Å². The first-order valence-corrected chi connectivity index (χ1v) is 10.3. The third-order valence-electron chi connectivity index (χ3n) is 4.66. The van der Waals surface area contributed by atoms with E-state index in [1.165, 1.54) is 4.31 Å². The molecular formula is C20H24N4O3S. The monoisotopic (exact) mass is 400 g/mol. The summed E-state index contributed by atoms with van der Waals surface area (Å²) in [6.07, 6.45) is 1.64. The molecule has 0 spiro atoms. The number of ether oxygens (including phenoxy) is 1. The molecule has 1 aromatic carbocycles. The van der Waals surface area contributed by atoms with E-state index >= 15 is 0 Å². The molecule has 0 aliphatic rings. The Morgan fingerprint density at radius 2 is 1.79 bits per heavy atom. The molecule has 3 rings (SSSR count). The van der Waals surface area contributed by atoms with Gasteiger partial charge in [-0.2, -0.15) is 9.40 Å². The zero-order valence-corrected chi connectivity index (χ0v) is 17.2. The Morgan fingerprint density at radius 1 is 1.11 bits per heavy atom. The van der Waals surface area contributed by atoms with E-state index in [1.54, 1.807) is 51.0 Å². The number of benzene rings is 1. The highest BCUT2D eigenvalue weighted by Crippen LogP contribution is 2.30. The maximum Gasteiger partial charge on any atom is 0.247 e. The number of aryl methyl sites for hydroxylation is 1. The SMILES string of the molecule is COCC(c1ccccn1)N(C)S(=O)(=O)c1c(C)nn(-c2ccccc2)c1C. The molecule has 0 aliphatic heterocycles. The van der Waals surface area contributed by atoms with Gasteiger partial charge in [0.05, 0.1) is 35.4 Å². The molecule has 148 valence electrons. The van der Waals surface area contributed by atoms with E-state index < -0.39 is 16.1 Å². The van der Waals surface area contributed by atoms with Gasteiger partial charge in [0.15, 0.2) is 0 Å². The highest BCUT2D eigenvalue weighted by atomic mass is 32.2. The van der Waals surface area contributed by atoms with Crippen molar-refractivity contribution >= 4 is 10.0 Å². The van der Waals surface area contributed by atoms with Crippen molar-refractivity contribution in [3.05, 3.63) is 71.8 Å². The van der Waals surface area contributed by atoms with E-state index in [0.29, 0.717) is 17.1 Å². The summed E-state index contributed by atoms with van der Waals surface area (Å²) in [5, 5.41) is 4.47. The smallest absolute Gasteiger partial charge is 0.247 e. The summed E-state index contributed by atoms with van der Waals surface area (Å²) < 4.78 is 35.2. The number of methoxy groups -OCH3 is 1. The summed E-state index contributed by atoms with van der Waals surface area (Å²) >= 11 is 0. The van der Waals surface area contributed by atoms with E-state index in [2.05, 4.69) is 10.1 Å². The van der Waals surface area contributed by atoms with Crippen LogP contribution < -0.4 is 0 Å². The lowest BCUT2D eigenvalue weighted by atomic mass is 10.2. The van der Waals surface area contributed by atoms with Crippen molar-refractivity contribution in [1.82, 2.24) is 19.1 Å². The largest absolute Gasteiger partial charge is 0.383 e. The van der Waals surface area contributed by atoms with Crippen molar-refractivity contribution in [3.8, 4) is 5.69 Å². The van der Waals surface area contributed by atoms with Crippen LogP contribution >= 0.6 is 0 Å².